The molecule has 9 heteroatoms. The zero-order valence-electron chi connectivity index (χ0n) is 13.9. The lowest BCUT2D eigenvalue weighted by Crippen LogP contribution is -2.26. The first-order chi connectivity index (χ1) is 12.3. The summed E-state index contributed by atoms with van der Waals surface area (Å²) in [4.78, 5) is 12.4. The summed E-state index contributed by atoms with van der Waals surface area (Å²) in [5.41, 5.74) is 5.13. The summed E-state index contributed by atoms with van der Waals surface area (Å²) in [6, 6.07) is 5.18. The Morgan fingerprint density at radius 2 is 2.15 bits per heavy atom. The zero-order valence-corrected chi connectivity index (χ0v) is 13.9. The number of allylic oxidation sites excluding steroid dienone is 2. The first-order valence-corrected chi connectivity index (χ1v) is 7.50. The topological polar surface area (TPSA) is 94.6 Å². The van der Waals surface area contributed by atoms with Crippen LogP contribution in [-0.4, -0.2) is 19.2 Å². The van der Waals surface area contributed by atoms with Crippen LogP contribution < -0.4 is 10.5 Å². The molecule has 2 N–H and O–H groups in total. The third kappa shape index (κ3) is 3.59. The fraction of sp³-hybridized carbons (Fsp3) is 0.294. The Bertz CT molecular complexity index is 828. The number of nitrogens with zero attached hydrogens (tertiary/aromatic N) is 1. The summed E-state index contributed by atoms with van der Waals surface area (Å²) in [7, 11) is 0. The van der Waals surface area contributed by atoms with E-state index in [2.05, 4.69) is 4.74 Å². The molecule has 0 fully saturated rings. The van der Waals surface area contributed by atoms with Crippen molar-refractivity contribution in [3.8, 4) is 11.8 Å². The molecule has 1 unspecified atom stereocenters. The maximum atomic E-state index is 14.1. The fourth-order valence-electron chi connectivity index (χ4n) is 2.63. The van der Waals surface area contributed by atoms with Gasteiger partial charge in [0, 0.05) is 5.56 Å². The second-order valence-electron chi connectivity index (χ2n) is 5.15. The fourth-order valence-corrected chi connectivity index (χ4v) is 2.63. The minimum atomic E-state index is -3.31. The lowest BCUT2D eigenvalue weighted by molar-refractivity contribution is -0.139. The molecule has 2 rings (SSSR count). The molecule has 0 amide bonds. The normalized spacial score (nSPS) is 17.0. The molecule has 26 heavy (non-hydrogen) atoms. The first-order valence-electron chi connectivity index (χ1n) is 7.50. The van der Waals surface area contributed by atoms with Gasteiger partial charge in [-0.25, -0.2) is 9.18 Å². The second kappa shape index (κ2) is 7.82. The van der Waals surface area contributed by atoms with Gasteiger partial charge in [-0.3, -0.25) is 0 Å². The number of alkyl halides is 2. The molecule has 1 aromatic carbocycles. The molecular formula is C17H15F3N2O4. The standard InChI is InChI=1S/C17H15F3N2O4/c1-3-24-16(23)12-8(2)25-15(22)10(7-21)13(12)9-5-4-6-11(18)14(9)26-17(19)20/h4-6,13,17H,3,22H2,1-2H3. The quantitative estimate of drug-likeness (QED) is 0.803. The molecular weight excluding hydrogens is 353 g/mol. The largest absolute Gasteiger partial charge is 0.463 e. The second-order valence-corrected chi connectivity index (χ2v) is 5.15. The van der Waals surface area contributed by atoms with E-state index < -0.39 is 30.1 Å². The summed E-state index contributed by atoms with van der Waals surface area (Å²) in [6.45, 7) is -0.330. The highest BCUT2D eigenvalue weighted by Crippen LogP contribution is 2.44. The van der Waals surface area contributed by atoms with Crippen molar-refractivity contribution in [1.29, 1.82) is 5.26 Å². The molecule has 0 saturated carbocycles. The predicted octanol–water partition coefficient (Wildman–Crippen LogP) is 3.07. The van der Waals surface area contributed by atoms with E-state index in [1.54, 1.807) is 13.0 Å². The van der Waals surface area contributed by atoms with E-state index in [-0.39, 0.29) is 35.0 Å². The predicted molar refractivity (Wildman–Crippen MR) is 83.0 cm³/mol. The summed E-state index contributed by atoms with van der Waals surface area (Å²) < 4.78 is 54.0. The van der Waals surface area contributed by atoms with E-state index in [0.717, 1.165) is 6.07 Å². The average molecular weight is 368 g/mol. The Labute approximate surface area is 147 Å². The molecule has 0 bridgehead atoms. The number of halogens is 3. The summed E-state index contributed by atoms with van der Waals surface area (Å²) in [5, 5.41) is 9.43. The molecule has 1 aliphatic rings. The van der Waals surface area contributed by atoms with Gasteiger partial charge >= 0.3 is 12.6 Å². The Morgan fingerprint density at radius 3 is 2.73 bits per heavy atom. The van der Waals surface area contributed by atoms with Crippen molar-refractivity contribution in [1.82, 2.24) is 0 Å². The third-order valence-corrected chi connectivity index (χ3v) is 3.62. The maximum Gasteiger partial charge on any atom is 0.387 e. The average Bonchev–Trinajstić information content (AvgIpc) is 2.56. The molecule has 0 aliphatic carbocycles. The number of hydrogen-bond donors (Lipinski definition) is 1. The minimum absolute atomic E-state index is 0.0113. The molecule has 0 radical (unpaired) electrons. The van der Waals surface area contributed by atoms with E-state index >= 15 is 0 Å². The smallest absolute Gasteiger partial charge is 0.387 e. The van der Waals surface area contributed by atoms with Crippen LogP contribution >= 0.6 is 0 Å². The van der Waals surface area contributed by atoms with Gasteiger partial charge in [0.05, 0.1) is 18.1 Å². The molecule has 0 saturated heterocycles. The Morgan fingerprint density at radius 1 is 1.46 bits per heavy atom. The highest BCUT2D eigenvalue weighted by molar-refractivity contribution is 5.92. The van der Waals surface area contributed by atoms with E-state index in [1.165, 1.54) is 19.1 Å². The van der Waals surface area contributed by atoms with Crippen LogP contribution in [0, 0.1) is 17.1 Å². The Kier molecular flexibility index (Phi) is 5.77. The van der Waals surface area contributed by atoms with E-state index in [1.807, 2.05) is 0 Å². The molecule has 0 aromatic heterocycles. The van der Waals surface area contributed by atoms with Crippen molar-refractivity contribution in [3.63, 3.8) is 0 Å². The maximum absolute atomic E-state index is 14.1. The van der Waals surface area contributed by atoms with Crippen molar-refractivity contribution >= 4 is 5.97 Å². The van der Waals surface area contributed by atoms with Crippen LogP contribution in [0.5, 0.6) is 5.75 Å². The number of benzene rings is 1. The summed E-state index contributed by atoms with van der Waals surface area (Å²) >= 11 is 0. The van der Waals surface area contributed by atoms with Crippen molar-refractivity contribution in [2.75, 3.05) is 6.61 Å². The van der Waals surface area contributed by atoms with Crippen LogP contribution in [0.2, 0.25) is 0 Å². The van der Waals surface area contributed by atoms with Crippen LogP contribution in [0.25, 0.3) is 0 Å². The molecule has 138 valence electrons. The van der Waals surface area contributed by atoms with Crippen molar-refractivity contribution < 1.29 is 32.2 Å². The molecule has 1 atom stereocenters. The van der Waals surface area contributed by atoms with Gasteiger partial charge in [-0.1, -0.05) is 12.1 Å². The number of ether oxygens (including phenoxy) is 3. The SMILES string of the molecule is CCOC(=O)C1=C(C)OC(N)=C(C#N)C1c1cccc(F)c1OC(F)F. The van der Waals surface area contributed by atoms with E-state index in [4.69, 9.17) is 15.2 Å². The van der Waals surface area contributed by atoms with Gasteiger partial charge < -0.3 is 19.9 Å². The monoisotopic (exact) mass is 368 g/mol. The Balaban J connectivity index is 2.72. The van der Waals surface area contributed by atoms with Gasteiger partial charge in [-0.15, -0.1) is 0 Å². The third-order valence-electron chi connectivity index (χ3n) is 3.62. The van der Waals surface area contributed by atoms with Crippen LogP contribution in [0.3, 0.4) is 0 Å². The number of para-hydroxylation sites is 1. The van der Waals surface area contributed by atoms with Gasteiger partial charge in [0.2, 0.25) is 5.88 Å². The highest BCUT2D eigenvalue weighted by Gasteiger charge is 2.38. The number of nitrogens with two attached hydrogens (primary N) is 1. The molecule has 1 aliphatic heterocycles. The number of carbonyl (C=O) groups excluding carboxylic acids is 1. The number of esters is 1. The van der Waals surface area contributed by atoms with Crippen LogP contribution in [0.4, 0.5) is 13.2 Å². The molecule has 0 spiro atoms. The lowest BCUT2D eigenvalue weighted by Gasteiger charge is -2.28. The van der Waals surface area contributed by atoms with Gasteiger partial charge in [0.1, 0.15) is 17.4 Å². The van der Waals surface area contributed by atoms with Gasteiger partial charge in [0.15, 0.2) is 11.6 Å². The molecule has 1 aromatic rings. The van der Waals surface area contributed by atoms with Crippen LogP contribution in [0.1, 0.15) is 25.3 Å². The van der Waals surface area contributed by atoms with Gasteiger partial charge in [0.25, 0.3) is 0 Å². The number of hydrogen-bond acceptors (Lipinski definition) is 6. The number of carbonyl (C=O) groups is 1. The highest BCUT2D eigenvalue weighted by atomic mass is 19.3. The molecule has 6 nitrogen and oxygen atoms in total. The van der Waals surface area contributed by atoms with Crippen molar-refractivity contribution in [2.45, 2.75) is 26.4 Å². The van der Waals surface area contributed by atoms with Crippen molar-refractivity contribution in [2.24, 2.45) is 5.73 Å². The van der Waals surface area contributed by atoms with E-state index in [0.29, 0.717) is 0 Å². The van der Waals surface area contributed by atoms with E-state index in [9.17, 15) is 23.2 Å². The lowest BCUT2D eigenvalue weighted by atomic mass is 9.82. The summed E-state index contributed by atoms with van der Waals surface area (Å²) in [5.74, 6) is -4.30. The number of nitriles is 1. The first kappa shape index (κ1) is 19.2. The van der Waals surface area contributed by atoms with Crippen molar-refractivity contribution in [3.05, 3.63) is 52.4 Å². The summed E-state index contributed by atoms with van der Waals surface area (Å²) in [6.07, 6.45) is 0. The van der Waals surface area contributed by atoms with Crippen LogP contribution in [0.15, 0.2) is 41.0 Å². The minimum Gasteiger partial charge on any atom is -0.463 e. The van der Waals surface area contributed by atoms with Crippen LogP contribution in [-0.2, 0) is 14.3 Å². The zero-order chi connectivity index (χ0) is 19.4. The Hall–Kier alpha value is -3.15. The van der Waals surface area contributed by atoms with Gasteiger partial charge in [-0.2, -0.15) is 14.0 Å². The van der Waals surface area contributed by atoms with Gasteiger partial charge in [-0.05, 0) is 19.9 Å². The number of rotatable bonds is 5. The molecule has 1 heterocycles.